The summed E-state index contributed by atoms with van der Waals surface area (Å²) in [5.74, 6) is -0.0236. The van der Waals surface area contributed by atoms with Crippen LogP contribution in [0, 0.1) is 0 Å². The molecule has 0 saturated carbocycles. The summed E-state index contributed by atoms with van der Waals surface area (Å²) in [5, 5.41) is 14.9. The summed E-state index contributed by atoms with van der Waals surface area (Å²) in [6.45, 7) is 0.601. The molecule has 3 N–H and O–H groups in total. The first-order chi connectivity index (χ1) is 16.4. The number of hydrogen-bond donors (Lipinski definition) is 3. The predicted octanol–water partition coefficient (Wildman–Crippen LogP) is 5.85. The standard InChI is InChI=1S/C26H24Cl2N2O4/c1-33-24-11-17(10-21(28)25(24)34-15-16-6-8-19(27)9-7-16)13-29-23(26(31)32)12-18-14-30-22-5-3-2-4-20(18)22/h2-11,14,23,29-30H,12-13,15H2,1H3,(H,31,32). The molecule has 176 valence electrons. The average Bonchev–Trinajstić information content (AvgIpc) is 3.24. The third kappa shape index (κ3) is 5.65. The summed E-state index contributed by atoms with van der Waals surface area (Å²) in [4.78, 5) is 15.1. The number of benzene rings is 3. The number of aromatic nitrogens is 1. The fraction of sp³-hybridized carbons (Fsp3) is 0.192. The minimum Gasteiger partial charge on any atom is -0.493 e. The van der Waals surface area contributed by atoms with Crippen molar-refractivity contribution in [3.63, 3.8) is 0 Å². The Kier molecular flexibility index (Phi) is 7.63. The second-order valence-electron chi connectivity index (χ2n) is 7.86. The van der Waals surface area contributed by atoms with Gasteiger partial charge in [0.1, 0.15) is 12.6 Å². The molecule has 8 heteroatoms. The second-order valence-corrected chi connectivity index (χ2v) is 8.70. The molecule has 3 aromatic carbocycles. The van der Waals surface area contributed by atoms with E-state index < -0.39 is 12.0 Å². The molecule has 0 saturated heterocycles. The van der Waals surface area contributed by atoms with Gasteiger partial charge in [0.15, 0.2) is 11.5 Å². The molecule has 6 nitrogen and oxygen atoms in total. The maximum atomic E-state index is 11.9. The molecule has 0 bridgehead atoms. The Morgan fingerprint density at radius 2 is 1.85 bits per heavy atom. The molecular formula is C26H24Cl2N2O4. The number of halogens is 2. The molecule has 1 aromatic heterocycles. The van der Waals surface area contributed by atoms with Gasteiger partial charge in [0.25, 0.3) is 0 Å². The van der Waals surface area contributed by atoms with Crippen molar-refractivity contribution in [3.05, 3.63) is 93.6 Å². The highest BCUT2D eigenvalue weighted by Gasteiger charge is 2.20. The largest absolute Gasteiger partial charge is 0.493 e. The van der Waals surface area contributed by atoms with E-state index in [2.05, 4.69) is 10.3 Å². The zero-order valence-electron chi connectivity index (χ0n) is 18.5. The van der Waals surface area contributed by atoms with E-state index >= 15 is 0 Å². The highest BCUT2D eigenvalue weighted by molar-refractivity contribution is 6.32. The van der Waals surface area contributed by atoms with E-state index in [-0.39, 0.29) is 0 Å². The number of methoxy groups -OCH3 is 1. The molecule has 0 aliphatic rings. The number of fused-ring (bicyclic) bond motifs is 1. The fourth-order valence-electron chi connectivity index (χ4n) is 3.76. The highest BCUT2D eigenvalue weighted by atomic mass is 35.5. The van der Waals surface area contributed by atoms with Crippen LogP contribution in [-0.4, -0.2) is 29.2 Å². The van der Waals surface area contributed by atoms with Crippen LogP contribution >= 0.6 is 23.2 Å². The van der Waals surface area contributed by atoms with Gasteiger partial charge in [-0.25, -0.2) is 0 Å². The highest BCUT2D eigenvalue weighted by Crippen LogP contribution is 2.37. The van der Waals surface area contributed by atoms with Gasteiger partial charge in [0, 0.05) is 35.1 Å². The number of H-pyrrole nitrogens is 1. The molecule has 0 aliphatic carbocycles. The average molecular weight is 499 g/mol. The molecule has 0 fully saturated rings. The van der Waals surface area contributed by atoms with E-state index in [9.17, 15) is 9.90 Å². The summed E-state index contributed by atoms with van der Waals surface area (Å²) in [7, 11) is 1.54. The summed E-state index contributed by atoms with van der Waals surface area (Å²) >= 11 is 12.4. The Hall–Kier alpha value is -3.19. The number of nitrogens with one attached hydrogen (secondary N) is 2. The number of carbonyl (C=O) groups is 1. The zero-order chi connectivity index (χ0) is 24.1. The third-order valence-electron chi connectivity index (χ3n) is 5.54. The lowest BCUT2D eigenvalue weighted by Crippen LogP contribution is -2.38. The van der Waals surface area contributed by atoms with Gasteiger partial charge in [-0.3, -0.25) is 4.79 Å². The number of ether oxygens (including phenoxy) is 2. The molecule has 0 spiro atoms. The first-order valence-corrected chi connectivity index (χ1v) is 11.4. The van der Waals surface area contributed by atoms with E-state index in [4.69, 9.17) is 32.7 Å². The van der Waals surface area contributed by atoms with Gasteiger partial charge in [0.2, 0.25) is 0 Å². The van der Waals surface area contributed by atoms with Gasteiger partial charge in [-0.15, -0.1) is 0 Å². The maximum absolute atomic E-state index is 11.9. The first kappa shape index (κ1) is 24.0. The molecule has 4 rings (SSSR count). The van der Waals surface area contributed by atoms with E-state index in [1.54, 1.807) is 24.3 Å². The Morgan fingerprint density at radius 3 is 2.59 bits per heavy atom. The molecule has 0 amide bonds. The Labute approximate surface area is 207 Å². The fourth-order valence-corrected chi connectivity index (χ4v) is 4.17. The minimum atomic E-state index is -0.925. The number of aliphatic carboxylic acids is 1. The molecule has 4 aromatic rings. The Morgan fingerprint density at radius 1 is 1.09 bits per heavy atom. The van der Waals surface area contributed by atoms with Gasteiger partial charge in [-0.1, -0.05) is 53.5 Å². The van der Waals surface area contributed by atoms with Crippen LogP contribution in [0.25, 0.3) is 10.9 Å². The number of para-hydroxylation sites is 1. The smallest absolute Gasteiger partial charge is 0.321 e. The summed E-state index contributed by atoms with van der Waals surface area (Å²) in [6.07, 6.45) is 2.20. The zero-order valence-corrected chi connectivity index (χ0v) is 20.0. The van der Waals surface area contributed by atoms with Crippen molar-refractivity contribution in [2.24, 2.45) is 0 Å². The van der Waals surface area contributed by atoms with Crippen molar-refractivity contribution in [2.45, 2.75) is 25.6 Å². The summed E-state index contributed by atoms with van der Waals surface area (Å²) in [6, 6.07) is 17.9. The van der Waals surface area contributed by atoms with E-state index in [0.29, 0.717) is 41.1 Å². The maximum Gasteiger partial charge on any atom is 0.321 e. The van der Waals surface area contributed by atoms with Crippen LogP contribution in [0.1, 0.15) is 16.7 Å². The lowest BCUT2D eigenvalue weighted by atomic mass is 10.0. The normalized spacial score (nSPS) is 12.0. The number of carboxylic acids is 1. The van der Waals surface area contributed by atoms with Crippen LogP contribution in [0.15, 0.2) is 66.9 Å². The topological polar surface area (TPSA) is 83.6 Å². The molecular weight excluding hydrogens is 475 g/mol. The van der Waals surface area contributed by atoms with Crippen molar-refractivity contribution >= 4 is 40.1 Å². The van der Waals surface area contributed by atoms with Crippen molar-refractivity contribution in [3.8, 4) is 11.5 Å². The van der Waals surface area contributed by atoms with Crippen molar-refractivity contribution < 1.29 is 19.4 Å². The monoisotopic (exact) mass is 498 g/mol. The van der Waals surface area contributed by atoms with Crippen LogP contribution < -0.4 is 14.8 Å². The number of rotatable bonds is 10. The molecule has 1 atom stereocenters. The number of hydrogen-bond acceptors (Lipinski definition) is 4. The number of carboxylic acid groups (broad SMARTS) is 1. The predicted molar refractivity (Wildman–Crippen MR) is 134 cm³/mol. The van der Waals surface area contributed by atoms with Crippen molar-refractivity contribution in [2.75, 3.05) is 7.11 Å². The van der Waals surface area contributed by atoms with E-state index in [0.717, 1.165) is 27.6 Å². The summed E-state index contributed by atoms with van der Waals surface area (Å²) < 4.78 is 11.4. The van der Waals surface area contributed by atoms with Crippen LogP contribution in [0.5, 0.6) is 11.5 Å². The third-order valence-corrected chi connectivity index (χ3v) is 6.07. The molecule has 0 aliphatic heterocycles. The lowest BCUT2D eigenvalue weighted by Gasteiger charge is -2.17. The van der Waals surface area contributed by atoms with Gasteiger partial charge in [0.05, 0.1) is 12.1 Å². The van der Waals surface area contributed by atoms with E-state index in [1.807, 2.05) is 42.6 Å². The second kappa shape index (κ2) is 10.8. The molecule has 34 heavy (non-hydrogen) atoms. The van der Waals surface area contributed by atoms with Crippen LogP contribution in [0.3, 0.4) is 0 Å². The molecule has 1 heterocycles. The van der Waals surface area contributed by atoms with Gasteiger partial charge < -0.3 is 24.9 Å². The quantitative estimate of drug-likeness (QED) is 0.255. The molecule has 1 unspecified atom stereocenters. The van der Waals surface area contributed by atoms with Gasteiger partial charge in [-0.05, 0) is 47.0 Å². The van der Waals surface area contributed by atoms with Crippen molar-refractivity contribution in [1.29, 1.82) is 0 Å². The van der Waals surface area contributed by atoms with Crippen molar-refractivity contribution in [1.82, 2.24) is 10.3 Å². The SMILES string of the molecule is COc1cc(CNC(Cc2c[nH]c3ccccc23)C(=O)O)cc(Cl)c1OCc1ccc(Cl)cc1. The Balaban J connectivity index is 1.45. The van der Waals surface area contributed by atoms with Gasteiger partial charge >= 0.3 is 5.97 Å². The minimum absolute atomic E-state index is 0.298. The van der Waals surface area contributed by atoms with Gasteiger partial charge in [-0.2, -0.15) is 0 Å². The number of aromatic amines is 1. The van der Waals surface area contributed by atoms with Crippen LogP contribution in [0.2, 0.25) is 10.0 Å². The summed E-state index contributed by atoms with van der Waals surface area (Å²) in [5.41, 5.74) is 3.64. The van der Waals surface area contributed by atoms with E-state index in [1.165, 1.54) is 7.11 Å². The molecule has 0 radical (unpaired) electrons. The lowest BCUT2D eigenvalue weighted by molar-refractivity contribution is -0.139. The Bertz CT molecular complexity index is 1290. The van der Waals surface area contributed by atoms with Crippen LogP contribution in [0.4, 0.5) is 0 Å². The van der Waals surface area contributed by atoms with Crippen LogP contribution in [-0.2, 0) is 24.4 Å². The first-order valence-electron chi connectivity index (χ1n) is 10.7.